The van der Waals surface area contributed by atoms with Crippen LogP contribution in [-0.4, -0.2) is 36.6 Å². The minimum atomic E-state index is -0.714. The summed E-state index contributed by atoms with van der Waals surface area (Å²) in [6.45, 7) is 1.93. The molecule has 10 heteroatoms. The van der Waals surface area contributed by atoms with E-state index in [1.807, 2.05) is 42.5 Å². The molecule has 0 spiro atoms. The van der Waals surface area contributed by atoms with Crippen LogP contribution in [0, 0.1) is 10.1 Å². The fraction of sp³-hybridized carbons (Fsp3) is 0.276. The van der Waals surface area contributed by atoms with Gasteiger partial charge in [-0.1, -0.05) is 18.2 Å². The molecule has 202 valence electrons. The van der Waals surface area contributed by atoms with E-state index in [1.54, 1.807) is 27.2 Å². The average Bonchev–Trinajstić information content (AvgIpc) is 3.10. The number of nitrogens with zero attached hydrogens (tertiary/aromatic N) is 1. The fourth-order valence-corrected chi connectivity index (χ4v) is 5.27. The number of para-hydroxylation sites is 2. The summed E-state index contributed by atoms with van der Waals surface area (Å²) in [6, 6.07) is 15.3. The number of anilines is 2. The zero-order valence-electron chi connectivity index (χ0n) is 21.8. The highest BCUT2D eigenvalue weighted by Crippen LogP contribution is 2.47. The maximum Gasteiger partial charge on any atom is 0.315 e. The number of hydrogen-bond donors (Lipinski definition) is 3. The number of nitrogens with one attached hydrogen (secondary N) is 2. The smallest absolute Gasteiger partial charge is 0.315 e. The first kappa shape index (κ1) is 25.9. The summed E-state index contributed by atoms with van der Waals surface area (Å²) >= 11 is 0. The lowest BCUT2D eigenvalue weighted by atomic mass is 9.78. The second-order valence-corrected chi connectivity index (χ2v) is 9.36. The molecule has 3 N–H and O–H groups in total. The van der Waals surface area contributed by atoms with Crippen molar-refractivity contribution in [2.45, 2.75) is 31.7 Å². The second-order valence-electron chi connectivity index (χ2n) is 9.36. The Kier molecular flexibility index (Phi) is 7.02. The van der Waals surface area contributed by atoms with Gasteiger partial charge in [-0.2, -0.15) is 0 Å². The molecule has 0 saturated carbocycles. The number of nitro benzene ring substituents is 1. The third-order valence-corrected chi connectivity index (χ3v) is 7.10. The first-order chi connectivity index (χ1) is 18.8. The molecule has 39 heavy (non-hydrogen) atoms. The number of methoxy groups -OCH3 is 2. The van der Waals surface area contributed by atoms with Gasteiger partial charge in [0.2, 0.25) is 5.75 Å². The van der Waals surface area contributed by atoms with Crippen LogP contribution in [0.5, 0.6) is 23.0 Å². The van der Waals surface area contributed by atoms with E-state index in [1.165, 1.54) is 6.07 Å². The first-order valence-corrected chi connectivity index (χ1v) is 12.6. The quantitative estimate of drug-likeness (QED) is 0.260. The molecule has 0 bridgehead atoms. The molecule has 0 aromatic heterocycles. The Bertz CT molecular complexity index is 1480. The van der Waals surface area contributed by atoms with E-state index in [2.05, 4.69) is 10.6 Å². The van der Waals surface area contributed by atoms with Crippen molar-refractivity contribution in [3.63, 3.8) is 0 Å². The summed E-state index contributed by atoms with van der Waals surface area (Å²) in [6.07, 6.45) is 0.768. The van der Waals surface area contributed by atoms with Gasteiger partial charge in [-0.25, -0.2) is 0 Å². The highest BCUT2D eigenvalue weighted by Gasteiger charge is 2.37. The van der Waals surface area contributed by atoms with Gasteiger partial charge in [-0.05, 0) is 60.7 Å². The minimum Gasteiger partial charge on any atom is -0.500 e. The van der Waals surface area contributed by atoms with Crippen molar-refractivity contribution in [3.05, 3.63) is 87.1 Å². The first-order valence-electron chi connectivity index (χ1n) is 12.6. The lowest BCUT2D eigenvalue weighted by Crippen LogP contribution is -2.27. The molecule has 1 heterocycles. The topological polar surface area (TPSA) is 132 Å². The number of phenols is 1. The zero-order chi connectivity index (χ0) is 27.7. The second kappa shape index (κ2) is 10.6. The monoisotopic (exact) mass is 531 g/mol. The number of allylic oxidation sites excluding steroid dienone is 1. The Labute approximate surface area is 225 Å². The number of Topliss-reactive ketones (excluding diaryl/α,β-unsaturated/α-hetero) is 1. The van der Waals surface area contributed by atoms with Gasteiger partial charge >= 0.3 is 5.69 Å². The van der Waals surface area contributed by atoms with Gasteiger partial charge in [0, 0.05) is 23.8 Å². The summed E-state index contributed by atoms with van der Waals surface area (Å²) in [5.74, 6) is 0.414. The van der Waals surface area contributed by atoms with Crippen LogP contribution < -0.4 is 24.8 Å². The molecule has 5 rings (SSSR count). The number of hydrogen-bond acceptors (Lipinski definition) is 9. The number of aromatic hydroxyl groups is 1. The standard InChI is InChI=1S/C29H29N3O7/c1-4-39-26-15-18(12-22(29(26)34)32(35)36)28-27-21(30-19-7-5-6-8-20(19)31-28)11-17(13-23(27)33)16-9-10-24(37-2)25(14-16)38-3/h5-10,12,14-15,17,28,30-31,34H,4,11,13H2,1-3H3/t17-,28-/m0/s1. The number of ketones is 1. The Morgan fingerprint density at radius 3 is 2.38 bits per heavy atom. The molecule has 0 unspecified atom stereocenters. The van der Waals surface area contributed by atoms with Gasteiger partial charge in [-0.3, -0.25) is 14.9 Å². The third-order valence-electron chi connectivity index (χ3n) is 7.10. The van der Waals surface area contributed by atoms with Crippen molar-refractivity contribution in [1.29, 1.82) is 0 Å². The number of ether oxygens (including phenoxy) is 3. The molecule has 0 saturated heterocycles. The van der Waals surface area contributed by atoms with E-state index < -0.39 is 22.4 Å². The summed E-state index contributed by atoms with van der Waals surface area (Å²) in [5, 5.41) is 29.1. The predicted molar refractivity (Wildman–Crippen MR) is 146 cm³/mol. The van der Waals surface area contributed by atoms with Crippen LogP contribution in [0.1, 0.15) is 42.9 Å². The van der Waals surface area contributed by atoms with Gasteiger partial charge in [0.05, 0.1) is 43.2 Å². The van der Waals surface area contributed by atoms with Crippen molar-refractivity contribution < 1.29 is 29.0 Å². The Morgan fingerprint density at radius 1 is 0.974 bits per heavy atom. The number of fused-ring (bicyclic) bond motifs is 1. The number of carbonyl (C=O) groups is 1. The molecular formula is C29H29N3O7. The third kappa shape index (κ3) is 4.81. The zero-order valence-corrected chi connectivity index (χ0v) is 21.8. The number of phenolic OH excluding ortho intramolecular Hbond substituents is 1. The van der Waals surface area contributed by atoms with Gasteiger partial charge in [0.25, 0.3) is 0 Å². The molecule has 1 aliphatic heterocycles. The van der Waals surface area contributed by atoms with Crippen LogP contribution >= 0.6 is 0 Å². The Balaban J connectivity index is 1.63. The van der Waals surface area contributed by atoms with Crippen molar-refractivity contribution in [3.8, 4) is 23.0 Å². The van der Waals surface area contributed by atoms with Gasteiger partial charge in [-0.15, -0.1) is 0 Å². The van der Waals surface area contributed by atoms with Gasteiger partial charge in [0.15, 0.2) is 23.0 Å². The van der Waals surface area contributed by atoms with E-state index in [-0.39, 0.29) is 30.5 Å². The van der Waals surface area contributed by atoms with Crippen molar-refractivity contribution >= 4 is 22.8 Å². The molecule has 0 amide bonds. The van der Waals surface area contributed by atoms with E-state index in [9.17, 15) is 20.0 Å². The number of rotatable bonds is 7. The van der Waals surface area contributed by atoms with Crippen LogP contribution in [0.3, 0.4) is 0 Å². The average molecular weight is 532 g/mol. The summed E-state index contributed by atoms with van der Waals surface area (Å²) < 4.78 is 16.4. The molecular weight excluding hydrogens is 502 g/mol. The molecule has 3 aromatic rings. The number of nitro groups is 1. The van der Waals surface area contributed by atoms with Gasteiger partial charge < -0.3 is 30.0 Å². The molecule has 2 atom stereocenters. The van der Waals surface area contributed by atoms with Crippen LogP contribution in [0.25, 0.3) is 0 Å². The van der Waals surface area contributed by atoms with Crippen LogP contribution in [0.15, 0.2) is 65.9 Å². The maximum atomic E-state index is 13.9. The summed E-state index contributed by atoms with van der Waals surface area (Å²) in [4.78, 5) is 25.0. The lowest BCUT2D eigenvalue weighted by molar-refractivity contribution is -0.386. The highest BCUT2D eigenvalue weighted by atomic mass is 16.6. The fourth-order valence-electron chi connectivity index (χ4n) is 5.27. The van der Waals surface area contributed by atoms with Crippen LogP contribution in [0.2, 0.25) is 0 Å². The minimum absolute atomic E-state index is 0.0115. The maximum absolute atomic E-state index is 13.9. The lowest BCUT2D eigenvalue weighted by Gasteiger charge is -2.30. The van der Waals surface area contributed by atoms with Crippen molar-refractivity contribution in [1.82, 2.24) is 0 Å². The Hall–Kier alpha value is -4.73. The predicted octanol–water partition coefficient (Wildman–Crippen LogP) is 5.70. The molecule has 2 aliphatic rings. The number of benzene rings is 3. The molecule has 0 radical (unpaired) electrons. The molecule has 3 aromatic carbocycles. The SMILES string of the molecule is CCOc1cc([C@@H]2Nc3ccccc3NC3=C2C(=O)C[C@@H](c2ccc(OC)c(OC)c2)C3)cc([N+](=O)[O-])c1O. The van der Waals surface area contributed by atoms with Crippen molar-refractivity contribution in [2.75, 3.05) is 31.5 Å². The van der Waals surface area contributed by atoms with E-state index in [0.717, 1.165) is 22.6 Å². The normalized spacial score (nSPS) is 18.2. The molecule has 0 fully saturated rings. The summed E-state index contributed by atoms with van der Waals surface area (Å²) in [5.41, 5.74) is 3.62. The Morgan fingerprint density at radius 2 is 1.69 bits per heavy atom. The number of carbonyl (C=O) groups excluding carboxylic acids is 1. The summed E-state index contributed by atoms with van der Waals surface area (Å²) in [7, 11) is 3.14. The highest BCUT2D eigenvalue weighted by molar-refractivity contribution is 6.01. The van der Waals surface area contributed by atoms with Crippen LogP contribution in [-0.2, 0) is 4.79 Å². The molecule has 10 nitrogen and oxygen atoms in total. The van der Waals surface area contributed by atoms with E-state index in [4.69, 9.17) is 14.2 Å². The van der Waals surface area contributed by atoms with Crippen molar-refractivity contribution in [2.24, 2.45) is 0 Å². The van der Waals surface area contributed by atoms with Crippen LogP contribution in [0.4, 0.5) is 17.1 Å². The van der Waals surface area contributed by atoms with E-state index in [0.29, 0.717) is 29.1 Å². The van der Waals surface area contributed by atoms with Gasteiger partial charge in [0.1, 0.15) is 0 Å². The molecule has 1 aliphatic carbocycles. The van der Waals surface area contributed by atoms with E-state index >= 15 is 0 Å². The largest absolute Gasteiger partial charge is 0.500 e.